The molecule has 1 aromatic rings. The molecule has 5 heteroatoms. The molecule has 0 radical (unpaired) electrons. The minimum atomic E-state index is -0.668. The lowest BCUT2D eigenvalue weighted by atomic mass is 9.72. The second kappa shape index (κ2) is 10.1. The van der Waals surface area contributed by atoms with Crippen LogP contribution in [0.2, 0.25) is 0 Å². The normalized spacial score (nSPS) is 20.5. The Morgan fingerprint density at radius 3 is 2.26 bits per heavy atom. The van der Waals surface area contributed by atoms with Crippen LogP contribution in [0, 0.1) is 11.8 Å². The molecule has 170 valence electrons. The molecule has 1 atom stereocenters. The van der Waals surface area contributed by atoms with Crippen LogP contribution in [0.15, 0.2) is 24.3 Å². The van der Waals surface area contributed by atoms with Crippen molar-refractivity contribution >= 4 is 6.09 Å². The molecule has 1 saturated carbocycles. The first-order valence-electron chi connectivity index (χ1n) is 11.7. The van der Waals surface area contributed by atoms with Crippen molar-refractivity contribution in [2.45, 2.75) is 76.9 Å². The molecule has 3 rings (SSSR count). The molecule has 1 aliphatic heterocycles. The van der Waals surface area contributed by atoms with E-state index in [1.165, 1.54) is 12.0 Å². The summed E-state index contributed by atoms with van der Waals surface area (Å²) in [4.78, 5) is 16.6. The minimum absolute atomic E-state index is 0.0597. The van der Waals surface area contributed by atoms with Gasteiger partial charge in [0.15, 0.2) is 0 Å². The number of rotatable bonds is 4. The van der Waals surface area contributed by atoms with Gasteiger partial charge >= 0.3 is 6.09 Å². The fourth-order valence-electron chi connectivity index (χ4n) is 4.74. The molecular formula is C26H38N2O3. The van der Waals surface area contributed by atoms with E-state index in [2.05, 4.69) is 41.0 Å². The maximum absolute atomic E-state index is 12.4. The molecule has 1 unspecified atom stereocenters. The highest BCUT2D eigenvalue weighted by Crippen LogP contribution is 2.40. The summed E-state index contributed by atoms with van der Waals surface area (Å²) in [6.45, 7) is 11.2. The Labute approximate surface area is 187 Å². The largest absolute Gasteiger partial charge is 0.444 e. The molecule has 5 nitrogen and oxygen atoms in total. The molecule has 1 heterocycles. The Morgan fingerprint density at radius 1 is 1.10 bits per heavy atom. The second-order valence-corrected chi connectivity index (χ2v) is 9.98. The molecule has 2 fully saturated rings. The van der Waals surface area contributed by atoms with E-state index >= 15 is 0 Å². The van der Waals surface area contributed by atoms with Gasteiger partial charge in [0.2, 0.25) is 0 Å². The van der Waals surface area contributed by atoms with E-state index in [1.807, 2.05) is 27.7 Å². The molecule has 31 heavy (non-hydrogen) atoms. The predicted molar refractivity (Wildman–Crippen MR) is 124 cm³/mol. The summed E-state index contributed by atoms with van der Waals surface area (Å²) in [6.07, 6.45) is 4.84. The third-order valence-corrected chi connectivity index (χ3v) is 6.42. The fourth-order valence-corrected chi connectivity index (χ4v) is 4.74. The van der Waals surface area contributed by atoms with E-state index in [-0.39, 0.29) is 12.0 Å². The van der Waals surface area contributed by atoms with Crippen LogP contribution in [-0.2, 0) is 4.74 Å². The van der Waals surface area contributed by atoms with Gasteiger partial charge in [-0.3, -0.25) is 4.90 Å². The number of nitrogens with zero attached hydrogens (tertiary/aromatic N) is 2. The second-order valence-electron chi connectivity index (χ2n) is 9.98. The smallest absolute Gasteiger partial charge is 0.410 e. The SMILES string of the molecule is CC#Cc1ccc(C(CN2CCN(C(=O)OC(C)(C)C)CC2)C2(O)CCCCC2)cc1. The first-order chi connectivity index (χ1) is 14.7. The van der Waals surface area contributed by atoms with Crippen molar-refractivity contribution in [3.8, 4) is 11.8 Å². The number of hydrogen-bond donors (Lipinski definition) is 1. The third-order valence-electron chi connectivity index (χ3n) is 6.42. The van der Waals surface area contributed by atoms with Gasteiger partial charge in [0.05, 0.1) is 5.60 Å². The lowest BCUT2D eigenvalue weighted by molar-refractivity contribution is -0.0357. The van der Waals surface area contributed by atoms with Crippen LogP contribution < -0.4 is 0 Å². The lowest BCUT2D eigenvalue weighted by Crippen LogP contribution is -2.52. The van der Waals surface area contributed by atoms with Crippen molar-refractivity contribution in [2.24, 2.45) is 0 Å². The molecule has 2 aliphatic rings. The summed E-state index contributed by atoms with van der Waals surface area (Å²) < 4.78 is 5.52. The van der Waals surface area contributed by atoms with E-state index in [0.717, 1.165) is 50.9 Å². The summed E-state index contributed by atoms with van der Waals surface area (Å²) in [5.41, 5.74) is 1.04. The molecule has 0 aromatic heterocycles. The van der Waals surface area contributed by atoms with Gasteiger partial charge < -0.3 is 14.7 Å². The zero-order chi connectivity index (χ0) is 22.5. The van der Waals surface area contributed by atoms with Gasteiger partial charge in [-0.25, -0.2) is 4.79 Å². The number of hydrogen-bond acceptors (Lipinski definition) is 4. The van der Waals surface area contributed by atoms with Gasteiger partial charge in [-0.1, -0.05) is 37.3 Å². The molecule has 1 aliphatic carbocycles. The van der Waals surface area contributed by atoms with Crippen LogP contribution in [0.3, 0.4) is 0 Å². The van der Waals surface area contributed by atoms with Gasteiger partial charge in [0, 0.05) is 44.2 Å². The highest BCUT2D eigenvalue weighted by Gasteiger charge is 2.40. The van der Waals surface area contributed by atoms with Crippen LogP contribution >= 0.6 is 0 Å². The number of ether oxygens (including phenoxy) is 1. The Morgan fingerprint density at radius 2 is 1.71 bits per heavy atom. The summed E-state index contributed by atoms with van der Waals surface area (Å²) >= 11 is 0. The third kappa shape index (κ3) is 6.48. The van der Waals surface area contributed by atoms with Crippen molar-refractivity contribution in [2.75, 3.05) is 32.7 Å². The molecule has 1 saturated heterocycles. The Hall–Kier alpha value is -2.03. The standard InChI is InChI=1S/C26H38N2O3/c1-5-9-21-10-12-22(13-11-21)23(26(30)14-7-6-8-15-26)20-27-16-18-28(19-17-27)24(29)31-25(2,3)4/h10-13,23,30H,6-8,14-20H2,1-4H3. The topological polar surface area (TPSA) is 53.0 Å². The summed E-state index contributed by atoms with van der Waals surface area (Å²) in [7, 11) is 0. The maximum Gasteiger partial charge on any atom is 0.410 e. The Balaban J connectivity index is 1.69. The number of benzene rings is 1. The zero-order valence-corrected chi connectivity index (χ0v) is 19.6. The van der Waals surface area contributed by atoms with Gasteiger partial charge in [-0.15, -0.1) is 5.92 Å². The summed E-state index contributed by atoms with van der Waals surface area (Å²) in [5.74, 6) is 6.11. The Kier molecular flexibility index (Phi) is 7.67. The molecule has 0 bridgehead atoms. The monoisotopic (exact) mass is 426 g/mol. The fraction of sp³-hybridized carbons (Fsp3) is 0.654. The number of aliphatic hydroxyl groups is 1. The van der Waals surface area contributed by atoms with Gasteiger partial charge in [0.1, 0.15) is 5.60 Å². The highest BCUT2D eigenvalue weighted by atomic mass is 16.6. The van der Waals surface area contributed by atoms with Crippen molar-refractivity contribution in [1.29, 1.82) is 0 Å². The van der Waals surface area contributed by atoms with E-state index in [9.17, 15) is 9.90 Å². The van der Waals surface area contributed by atoms with Gasteiger partial charge in [-0.05, 0) is 58.2 Å². The molecule has 1 N–H and O–H groups in total. The molecule has 1 aromatic carbocycles. The zero-order valence-electron chi connectivity index (χ0n) is 19.6. The average Bonchev–Trinajstić information content (AvgIpc) is 2.73. The molecular weight excluding hydrogens is 388 g/mol. The minimum Gasteiger partial charge on any atom is -0.444 e. The average molecular weight is 427 g/mol. The van der Waals surface area contributed by atoms with Crippen molar-refractivity contribution < 1.29 is 14.6 Å². The number of piperazine rings is 1. The van der Waals surface area contributed by atoms with E-state index in [4.69, 9.17) is 4.74 Å². The van der Waals surface area contributed by atoms with Crippen LogP contribution in [-0.4, -0.2) is 64.9 Å². The number of amides is 1. The molecule has 1 amide bonds. The van der Waals surface area contributed by atoms with E-state index < -0.39 is 11.2 Å². The van der Waals surface area contributed by atoms with Crippen LogP contribution in [0.1, 0.15) is 76.8 Å². The van der Waals surface area contributed by atoms with Crippen molar-refractivity contribution in [3.05, 3.63) is 35.4 Å². The summed E-state index contributed by atoms with van der Waals surface area (Å²) in [5, 5.41) is 11.6. The first-order valence-corrected chi connectivity index (χ1v) is 11.7. The quantitative estimate of drug-likeness (QED) is 0.726. The summed E-state index contributed by atoms with van der Waals surface area (Å²) in [6, 6.07) is 8.39. The van der Waals surface area contributed by atoms with Crippen LogP contribution in [0.25, 0.3) is 0 Å². The van der Waals surface area contributed by atoms with Crippen LogP contribution in [0.5, 0.6) is 0 Å². The van der Waals surface area contributed by atoms with Crippen molar-refractivity contribution in [3.63, 3.8) is 0 Å². The van der Waals surface area contributed by atoms with Crippen LogP contribution in [0.4, 0.5) is 4.79 Å². The Bertz CT molecular complexity index is 787. The molecule has 0 spiro atoms. The van der Waals surface area contributed by atoms with Gasteiger partial charge in [0.25, 0.3) is 0 Å². The predicted octanol–water partition coefficient (Wildman–Crippen LogP) is 4.39. The van der Waals surface area contributed by atoms with E-state index in [0.29, 0.717) is 13.1 Å². The maximum atomic E-state index is 12.4. The lowest BCUT2D eigenvalue weighted by Gasteiger charge is -2.43. The van der Waals surface area contributed by atoms with Crippen molar-refractivity contribution in [1.82, 2.24) is 9.80 Å². The van der Waals surface area contributed by atoms with E-state index in [1.54, 1.807) is 4.90 Å². The first kappa shape index (κ1) is 23.6. The van der Waals surface area contributed by atoms with Gasteiger partial charge in [-0.2, -0.15) is 0 Å². The number of carbonyl (C=O) groups excluding carboxylic acids is 1. The highest BCUT2D eigenvalue weighted by molar-refractivity contribution is 5.68. The number of carbonyl (C=O) groups is 1.